The van der Waals surface area contributed by atoms with Gasteiger partial charge in [-0.1, -0.05) is 72.5 Å². The van der Waals surface area contributed by atoms with Crippen molar-refractivity contribution >= 4 is 22.6 Å². The molecular weight excluding hydrogens is 400 g/mol. The normalized spacial score (nSPS) is 20.7. The molecule has 3 aromatic carbocycles. The molecule has 33 heavy (non-hydrogen) atoms. The van der Waals surface area contributed by atoms with Crippen molar-refractivity contribution in [3.8, 4) is 23.0 Å². The standard InChI is InChI=1S/C32H20O/c1-2-10-20-21-11-4-7-15-26(21)32(25(20)14-3-1)27-16-8-5-12-22(27)23-18-19-29-30(31(23)32)24-13-6-9-17-28(24)33-29/h2,4-5,7-12,15-19H,6,13-14H2. The second-order valence-electron chi connectivity index (χ2n) is 9.31. The van der Waals surface area contributed by atoms with Gasteiger partial charge in [0.2, 0.25) is 0 Å². The second kappa shape index (κ2) is 6.06. The zero-order valence-electron chi connectivity index (χ0n) is 18.1. The smallest absolute Gasteiger partial charge is 0.135 e. The van der Waals surface area contributed by atoms with Crippen LogP contribution in [0, 0.1) is 11.8 Å². The Morgan fingerprint density at radius 1 is 0.818 bits per heavy atom. The van der Waals surface area contributed by atoms with Gasteiger partial charge >= 0.3 is 0 Å². The van der Waals surface area contributed by atoms with E-state index in [1.165, 1.54) is 55.5 Å². The Bertz CT molecular complexity index is 1690. The highest BCUT2D eigenvalue weighted by molar-refractivity contribution is 6.05. The molecule has 1 spiro atoms. The number of hydrogen-bond acceptors (Lipinski definition) is 1. The van der Waals surface area contributed by atoms with Gasteiger partial charge < -0.3 is 4.42 Å². The van der Waals surface area contributed by atoms with Gasteiger partial charge in [-0.15, -0.1) is 0 Å². The van der Waals surface area contributed by atoms with E-state index in [0.29, 0.717) is 0 Å². The fourth-order valence-corrected chi connectivity index (χ4v) is 6.77. The molecular formula is C32H20O. The summed E-state index contributed by atoms with van der Waals surface area (Å²) >= 11 is 0. The van der Waals surface area contributed by atoms with Gasteiger partial charge in [0.25, 0.3) is 0 Å². The van der Waals surface area contributed by atoms with Gasteiger partial charge in [-0.3, -0.25) is 0 Å². The van der Waals surface area contributed by atoms with Crippen molar-refractivity contribution < 1.29 is 4.42 Å². The van der Waals surface area contributed by atoms with E-state index in [1.54, 1.807) is 0 Å². The maximum atomic E-state index is 6.42. The van der Waals surface area contributed by atoms with Crippen LogP contribution in [0.2, 0.25) is 0 Å². The predicted octanol–water partition coefficient (Wildman–Crippen LogP) is 7.44. The van der Waals surface area contributed by atoms with Crippen molar-refractivity contribution in [2.24, 2.45) is 0 Å². The fraction of sp³-hybridized carbons (Fsp3) is 0.125. The van der Waals surface area contributed by atoms with Crippen LogP contribution in [-0.2, 0) is 11.8 Å². The first kappa shape index (κ1) is 17.5. The van der Waals surface area contributed by atoms with Crippen LogP contribution >= 0.6 is 0 Å². The highest BCUT2D eigenvalue weighted by atomic mass is 16.3. The molecule has 1 heteroatoms. The summed E-state index contributed by atoms with van der Waals surface area (Å²) in [5.41, 5.74) is 12.9. The van der Waals surface area contributed by atoms with Crippen LogP contribution in [-0.4, -0.2) is 0 Å². The van der Waals surface area contributed by atoms with Crippen LogP contribution in [0.4, 0.5) is 0 Å². The van der Waals surface area contributed by atoms with E-state index in [1.807, 2.05) is 6.08 Å². The predicted molar refractivity (Wildman–Crippen MR) is 134 cm³/mol. The summed E-state index contributed by atoms with van der Waals surface area (Å²) in [6, 6.07) is 22.4. The van der Waals surface area contributed by atoms with Gasteiger partial charge in [0, 0.05) is 17.4 Å². The van der Waals surface area contributed by atoms with Crippen molar-refractivity contribution in [2.75, 3.05) is 0 Å². The maximum Gasteiger partial charge on any atom is 0.135 e. The van der Waals surface area contributed by atoms with E-state index >= 15 is 0 Å². The molecule has 8 rings (SSSR count). The molecule has 4 aliphatic carbocycles. The summed E-state index contributed by atoms with van der Waals surface area (Å²) in [5.74, 6) is 7.71. The van der Waals surface area contributed by atoms with Crippen molar-refractivity contribution in [1.29, 1.82) is 0 Å². The quantitative estimate of drug-likeness (QED) is 0.270. The number of aryl methyl sites for hydroxylation is 1. The second-order valence-corrected chi connectivity index (χ2v) is 9.31. The minimum absolute atomic E-state index is 0.334. The molecule has 0 aliphatic heterocycles. The Morgan fingerprint density at radius 3 is 2.55 bits per heavy atom. The van der Waals surface area contributed by atoms with Crippen LogP contribution in [0.5, 0.6) is 0 Å². The molecule has 0 saturated heterocycles. The third-order valence-corrected chi connectivity index (χ3v) is 7.91. The highest BCUT2D eigenvalue weighted by Gasteiger charge is 2.53. The summed E-state index contributed by atoms with van der Waals surface area (Å²) in [6.07, 6.45) is 11.5. The zero-order chi connectivity index (χ0) is 21.6. The van der Waals surface area contributed by atoms with Crippen molar-refractivity contribution in [1.82, 2.24) is 0 Å². The van der Waals surface area contributed by atoms with Gasteiger partial charge in [0.1, 0.15) is 11.3 Å². The molecule has 0 bridgehead atoms. The molecule has 0 amide bonds. The summed E-state index contributed by atoms with van der Waals surface area (Å²) in [7, 11) is 0. The molecule has 1 atom stereocenters. The zero-order valence-corrected chi connectivity index (χ0v) is 18.1. The van der Waals surface area contributed by atoms with E-state index in [-0.39, 0.29) is 5.41 Å². The third kappa shape index (κ3) is 1.97. The van der Waals surface area contributed by atoms with Crippen LogP contribution in [0.3, 0.4) is 0 Å². The number of allylic oxidation sites excluding steroid dienone is 5. The Balaban J connectivity index is 1.63. The number of furan rings is 1. The number of hydrogen-bond donors (Lipinski definition) is 0. The molecule has 0 radical (unpaired) electrons. The molecule has 4 aromatic rings. The minimum atomic E-state index is -0.334. The van der Waals surface area contributed by atoms with Gasteiger partial charge in [-0.2, -0.15) is 0 Å². The van der Waals surface area contributed by atoms with E-state index in [2.05, 4.69) is 90.7 Å². The molecule has 0 N–H and O–H groups in total. The van der Waals surface area contributed by atoms with E-state index in [0.717, 1.165) is 30.6 Å². The fourth-order valence-electron chi connectivity index (χ4n) is 6.77. The van der Waals surface area contributed by atoms with E-state index < -0.39 is 0 Å². The summed E-state index contributed by atoms with van der Waals surface area (Å²) in [5, 5.41) is 1.31. The van der Waals surface area contributed by atoms with E-state index in [4.69, 9.17) is 4.42 Å². The average Bonchev–Trinajstić information content (AvgIpc) is 3.39. The minimum Gasteiger partial charge on any atom is -0.456 e. The first-order valence-corrected chi connectivity index (χ1v) is 11.7. The third-order valence-electron chi connectivity index (χ3n) is 7.91. The Morgan fingerprint density at radius 2 is 1.64 bits per heavy atom. The van der Waals surface area contributed by atoms with Crippen molar-refractivity contribution in [3.63, 3.8) is 0 Å². The van der Waals surface area contributed by atoms with Gasteiger partial charge in [0.15, 0.2) is 0 Å². The van der Waals surface area contributed by atoms with Crippen LogP contribution in [0.1, 0.15) is 46.4 Å². The highest BCUT2D eigenvalue weighted by Crippen LogP contribution is 2.64. The lowest BCUT2D eigenvalue weighted by Gasteiger charge is -2.33. The summed E-state index contributed by atoms with van der Waals surface area (Å²) in [4.78, 5) is 0. The molecule has 1 unspecified atom stereocenters. The van der Waals surface area contributed by atoms with Crippen molar-refractivity contribution in [2.45, 2.75) is 24.7 Å². The Kier molecular flexibility index (Phi) is 3.22. The first-order chi connectivity index (χ1) is 16.4. The lowest BCUT2D eigenvalue weighted by molar-refractivity contribution is 0.595. The molecule has 1 nitrogen and oxygen atoms in total. The molecule has 1 heterocycles. The number of fused-ring (bicyclic) bond motifs is 13. The molecule has 1 aromatic heterocycles. The molecule has 154 valence electrons. The Labute approximate surface area is 192 Å². The average molecular weight is 421 g/mol. The molecule has 4 aliphatic rings. The molecule has 0 fully saturated rings. The van der Waals surface area contributed by atoms with Gasteiger partial charge in [0.05, 0.1) is 5.41 Å². The van der Waals surface area contributed by atoms with Gasteiger partial charge in [-0.25, -0.2) is 0 Å². The van der Waals surface area contributed by atoms with Crippen LogP contribution in [0.15, 0.2) is 88.9 Å². The summed E-state index contributed by atoms with van der Waals surface area (Å²) in [6.45, 7) is 0. The SMILES string of the molecule is C1#CCC2=C(C=C1)c1ccccc1C21c2ccccc2-c2ccc3oc4c(c3c21)CCC=C4. The monoisotopic (exact) mass is 420 g/mol. The summed E-state index contributed by atoms with van der Waals surface area (Å²) < 4.78 is 6.42. The maximum absolute atomic E-state index is 6.42. The number of rotatable bonds is 0. The van der Waals surface area contributed by atoms with Gasteiger partial charge in [-0.05, 0) is 81.7 Å². The first-order valence-electron chi connectivity index (χ1n) is 11.7. The number of benzene rings is 3. The van der Waals surface area contributed by atoms with Crippen molar-refractivity contribution in [3.05, 3.63) is 118 Å². The Hall–Kier alpha value is -4.02. The molecule has 0 saturated carbocycles. The van der Waals surface area contributed by atoms with Crippen LogP contribution in [0.25, 0.3) is 33.7 Å². The lowest BCUT2D eigenvalue weighted by Crippen LogP contribution is -2.28. The topological polar surface area (TPSA) is 13.1 Å². The lowest BCUT2D eigenvalue weighted by atomic mass is 9.67. The van der Waals surface area contributed by atoms with E-state index in [9.17, 15) is 0 Å². The van der Waals surface area contributed by atoms with Crippen LogP contribution < -0.4 is 0 Å². The largest absolute Gasteiger partial charge is 0.456 e.